The number of carbonyl (C=O) groups is 2. The van der Waals surface area contributed by atoms with Crippen molar-refractivity contribution in [3.63, 3.8) is 0 Å². The lowest BCUT2D eigenvalue weighted by Crippen LogP contribution is -2.46. The van der Waals surface area contributed by atoms with Crippen LogP contribution in [0, 0.1) is 0 Å². The molecule has 7 nitrogen and oxygen atoms in total. The van der Waals surface area contributed by atoms with Crippen LogP contribution in [0.25, 0.3) is 0 Å². The fraction of sp³-hybridized carbons (Fsp3) is 0.429. The highest BCUT2D eigenvalue weighted by Crippen LogP contribution is 2.20. The van der Waals surface area contributed by atoms with E-state index >= 15 is 0 Å². The molecule has 1 saturated heterocycles. The Bertz CT molecular complexity index is 733. The van der Waals surface area contributed by atoms with Crippen molar-refractivity contribution in [2.45, 2.75) is 18.9 Å². The minimum absolute atomic E-state index is 0.00362. The number of amides is 1. The van der Waals surface area contributed by atoms with Crippen LogP contribution >= 0.6 is 23.2 Å². The molecule has 1 heterocycles. The fourth-order valence-electron chi connectivity index (χ4n) is 2.43. The predicted molar refractivity (Wildman–Crippen MR) is 89.7 cm³/mol. The van der Waals surface area contributed by atoms with E-state index in [4.69, 9.17) is 23.2 Å². The molecule has 24 heavy (non-hydrogen) atoms. The molecule has 0 spiro atoms. The molecule has 1 aliphatic heterocycles. The third-order valence-corrected chi connectivity index (χ3v) is 5.86. The maximum absolute atomic E-state index is 12.0. The fourth-order valence-corrected chi connectivity index (χ4v) is 4.48. The van der Waals surface area contributed by atoms with Gasteiger partial charge in [-0.1, -0.05) is 23.2 Å². The summed E-state index contributed by atoms with van der Waals surface area (Å²) in [7, 11) is -3.42. The first kappa shape index (κ1) is 19.0. The highest BCUT2D eigenvalue weighted by molar-refractivity contribution is 7.89. The predicted octanol–water partition coefficient (Wildman–Crippen LogP) is 1.14. The van der Waals surface area contributed by atoms with E-state index in [9.17, 15) is 23.1 Å². The third kappa shape index (κ3) is 5.07. The normalized spacial score (nSPS) is 18.2. The number of nitrogens with one attached hydrogen (secondary N) is 1. The van der Waals surface area contributed by atoms with Crippen LogP contribution in [-0.2, 0) is 26.0 Å². The number of benzene rings is 1. The molecule has 10 heteroatoms. The van der Waals surface area contributed by atoms with Crippen LogP contribution in [0.5, 0.6) is 0 Å². The molecule has 1 aromatic carbocycles. The Hall–Kier alpha value is -1.35. The molecular formula is C14H16Cl2N2O5S. The molecule has 1 fully saturated rings. The standard InChI is InChI=1S/C14H16Cl2N2O5S/c15-10-4-9(5-11(16)7-10)6-12(14(20)21)17-13(19)8-18-2-1-3-24(18,22)23/h4-5,7,12H,1-3,6,8H2,(H,17,19)(H,20,21). The minimum Gasteiger partial charge on any atom is -0.480 e. The van der Waals surface area contributed by atoms with Crippen molar-refractivity contribution >= 4 is 45.1 Å². The number of rotatable bonds is 6. The van der Waals surface area contributed by atoms with Crippen molar-refractivity contribution in [2.75, 3.05) is 18.8 Å². The first-order valence-corrected chi connectivity index (χ1v) is 9.49. The van der Waals surface area contributed by atoms with E-state index in [0.29, 0.717) is 22.0 Å². The zero-order chi connectivity index (χ0) is 17.9. The quantitative estimate of drug-likeness (QED) is 0.752. The molecule has 0 bridgehead atoms. The molecule has 1 aromatic rings. The topological polar surface area (TPSA) is 104 Å². The lowest BCUT2D eigenvalue weighted by molar-refractivity contribution is -0.141. The number of carboxylic acids is 1. The number of hydrogen-bond acceptors (Lipinski definition) is 4. The van der Waals surface area contributed by atoms with Gasteiger partial charge in [-0.15, -0.1) is 0 Å². The van der Waals surface area contributed by atoms with Gasteiger partial charge in [-0.2, -0.15) is 4.31 Å². The molecule has 0 radical (unpaired) electrons. The van der Waals surface area contributed by atoms with Crippen molar-refractivity contribution in [3.05, 3.63) is 33.8 Å². The molecule has 132 valence electrons. The summed E-state index contributed by atoms with van der Waals surface area (Å²) in [4.78, 5) is 23.4. The van der Waals surface area contributed by atoms with Gasteiger partial charge < -0.3 is 10.4 Å². The number of carbonyl (C=O) groups excluding carboxylic acids is 1. The van der Waals surface area contributed by atoms with Crippen molar-refractivity contribution in [3.8, 4) is 0 Å². The maximum atomic E-state index is 12.0. The Kier molecular flexibility index (Phi) is 6.08. The van der Waals surface area contributed by atoms with E-state index in [-0.39, 0.29) is 25.3 Å². The Morgan fingerprint density at radius 1 is 1.25 bits per heavy atom. The summed E-state index contributed by atoms with van der Waals surface area (Å²) in [6.07, 6.45) is 0.438. The number of halogens is 2. The van der Waals surface area contributed by atoms with Gasteiger partial charge in [-0.25, -0.2) is 13.2 Å². The molecule has 1 amide bonds. The average Bonchev–Trinajstić information content (AvgIpc) is 2.75. The molecule has 0 aromatic heterocycles. The minimum atomic E-state index is -3.42. The van der Waals surface area contributed by atoms with Gasteiger partial charge in [0.05, 0.1) is 12.3 Å². The van der Waals surface area contributed by atoms with Gasteiger partial charge in [0.2, 0.25) is 15.9 Å². The van der Waals surface area contributed by atoms with E-state index in [0.717, 1.165) is 4.31 Å². The van der Waals surface area contributed by atoms with E-state index in [1.165, 1.54) is 6.07 Å². The molecule has 2 N–H and O–H groups in total. The molecule has 2 rings (SSSR count). The van der Waals surface area contributed by atoms with Gasteiger partial charge >= 0.3 is 5.97 Å². The summed E-state index contributed by atoms with van der Waals surface area (Å²) in [6.45, 7) is -0.125. The zero-order valence-electron chi connectivity index (χ0n) is 12.5. The van der Waals surface area contributed by atoms with Crippen molar-refractivity contribution in [1.29, 1.82) is 0 Å². The van der Waals surface area contributed by atoms with E-state index in [2.05, 4.69) is 5.32 Å². The van der Waals surface area contributed by atoms with E-state index in [1.807, 2.05) is 0 Å². The first-order valence-electron chi connectivity index (χ1n) is 7.12. The average molecular weight is 395 g/mol. The monoisotopic (exact) mass is 394 g/mol. The zero-order valence-corrected chi connectivity index (χ0v) is 14.9. The number of hydrogen-bond donors (Lipinski definition) is 2. The third-order valence-electron chi connectivity index (χ3n) is 3.52. The first-order chi connectivity index (χ1) is 11.2. The lowest BCUT2D eigenvalue weighted by Gasteiger charge is -2.18. The van der Waals surface area contributed by atoms with Crippen LogP contribution in [0.1, 0.15) is 12.0 Å². The second kappa shape index (κ2) is 7.69. The highest BCUT2D eigenvalue weighted by Gasteiger charge is 2.31. The van der Waals surface area contributed by atoms with Crippen molar-refractivity contribution < 1.29 is 23.1 Å². The summed E-state index contributed by atoms with van der Waals surface area (Å²) >= 11 is 11.7. The van der Waals surface area contributed by atoms with Gasteiger partial charge in [0, 0.05) is 23.0 Å². The van der Waals surface area contributed by atoms with Gasteiger partial charge in [0.1, 0.15) is 6.04 Å². The SMILES string of the molecule is O=C(CN1CCCS1(=O)=O)NC(Cc1cc(Cl)cc(Cl)c1)C(=O)O. The Morgan fingerprint density at radius 2 is 1.88 bits per heavy atom. The summed E-state index contributed by atoms with van der Waals surface area (Å²) < 4.78 is 24.4. The van der Waals surface area contributed by atoms with Gasteiger partial charge in [-0.05, 0) is 30.2 Å². The smallest absolute Gasteiger partial charge is 0.326 e. The summed E-state index contributed by atoms with van der Waals surface area (Å²) in [5, 5.41) is 12.3. The van der Waals surface area contributed by atoms with Crippen molar-refractivity contribution in [1.82, 2.24) is 9.62 Å². The number of sulfonamides is 1. The van der Waals surface area contributed by atoms with Gasteiger partial charge in [0.25, 0.3) is 0 Å². The van der Waals surface area contributed by atoms with Crippen LogP contribution in [0.3, 0.4) is 0 Å². The number of aliphatic carboxylic acids is 1. The highest BCUT2D eigenvalue weighted by atomic mass is 35.5. The lowest BCUT2D eigenvalue weighted by atomic mass is 10.1. The molecule has 0 aliphatic carbocycles. The summed E-state index contributed by atoms with van der Waals surface area (Å²) in [5.74, 6) is -1.89. The molecule has 1 atom stereocenters. The second-order valence-electron chi connectivity index (χ2n) is 5.44. The maximum Gasteiger partial charge on any atom is 0.326 e. The molecule has 1 aliphatic rings. The molecular weight excluding hydrogens is 379 g/mol. The van der Waals surface area contributed by atoms with E-state index < -0.39 is 27.9 Å². The Morgan fingerprint density at radius 3 is 2.38 bits per heavy atom. The Labute approximate surface area is 149 Å². The van der Waals surface area contributed by atoms with Crippen LogP contribution in [0.4, 0.5) is 0 Å². The largest absolute Gasteiger partial charge is 0.480 e. The van der Waals surface area contributed by atoms with Crippen LogP contribution in [0.2, 0.25) is 10.0 Å². The summed E-state index contributed by atoms with van der Waals surface area (Å²) in [5.41, 5.74) is 0.550. The summed E-state index contributed by atoms with van der Waals surface area (Å²) in [6, 6.07) is 3.41. The van der Waals surface area contributed by atoms with Crippen LogP contribution < -0.4 is 5.32 Å². The van der Waals surface area contributed by atoms with Crippen molar-refractivity contribution in [2.24, 2.45) is 0 Å². The number of carboxylic acid groups (broad SMARTS) is 1. The van der Waals surface area contributed by atoms with Crippen LogP contribution in [0.15, 0.2) is 18.2 Å². The second-order valence-corrected chi connectivity index (χ2v) is 8.40. The van der Waals surface area contributed by atoms with Gasteiger partial charge in [0.15, 0.2) is 0 Å². The number of nitrogens with zero attached hydrogens (tertiary/aromatic N) is 1. The molecule has 1 unspecified atom stereocenters. The van der Waals surface area contributed by atoms with Crippen LogP contribution in [-0.4, -0.2) is 54.6 Å². The van der Waals surface area contributed by atoms with E-state index in [1.54, 1.807) is 12.1 Å². The van der Waals surface area contributed by atoms with Gasteiger partial charge in [-0.3, -0.25) is 4.79 Å². The molecule has 0 saturated carbocycles. The Balaban J connectivity index is 2.03.